The maximum atomic E-state index is 5.96. The van der Waals surface area contributed by atoms with Gasteiger partial charge in [-0.2, -0.15) is 0 Å². The van der Waals surface area contributed by atoms with Gasteiger partial charge in [0.15, 0.2) is 0 Å². The van der Waals surface area contributed by atoms with Gasteiger partial charge in [-0.25, -0.2) is 0 Å². The normalized spacial score (nSPS) is 20.5. The van der Waals surface area contributed by atoms with Crippen molar-refractivity contribution in [3.63, 3.8) is 0 Å². The summed E-state index contributed by atoms with van der Waals surface area (Å²) in [6.45, 7) is 9.16. The molecule has 0 amide bonds. The van der Waals surface area contributed by atoms with Gasteiger partial charge in [-0.05, 0) is 32.9 Å². The predicted octanol–water partition coefficient (Wildman–Crippen LogP) is 2.93. The van der Waals surface area contributed by atoms with Gasteiger partial charge in [-0.1, -0.05) is 25.1 Å². The molecule has 1 saturated heterocycles. The Morgan fingerprint density at radius 1 is 1.29 bits per heavy atom. The van der Waals surface area contributed by atoms with Gasteiger partial charge in [0.2, 0.25) is 0 Å². The standard InChI is InChI=1S/C17H27NO3/c1-4-9-18-17(16-12-19-10-11-20-16)14-7-5-6-8-15(14)21-13(2)3/h5-8,13,16-18H,4,9-12H2,1-3H3. The van der Waals surface area contributed by atoms with E-state index >= 15 is 0 Å². The second-order valence-corrected chi connectivity index (χ2v) is 5.62. The minimum atomic E-state index is 0.0298. The van der Waals surface area contributed by atoms with Crippen molar-refractivity contribution in [2.75, 3.05) is 26.4 Å². The summed E-state index contributed by atoms with van der Waals surface area (Å²) >= 11 is 0. The van der Waals surface area contributed by atoms with Crippen LogP contribution in [0.5, 0.6) is 5.75 Å². The van der Waals surface area contributed by atoms with E-state index in [0.29, 0.717) is 19.8 Å². The van der Waals surface area contributed by atoms with Crippen LogP contribution >= 0.6 is 0 Å². The average Bonchev–Trinajstić information content (AvgIpc) is 2.50. The summed E-state index contributed by atoms with van der Waals surface area (Å²) in [5, 5.41) is 3.58. The third-order valence-corrected chi connectivity index (χ3v) is 3.44. The number of nitrogens with one attached hydrogen (secondary N) is 1. The summed E-state index contributed by atoms with van der Waals surface area (Å²) in [5.74, 6) is 0.926. The Morgan fingerprint density at radius 2 is 2.10 bits per heavy atom. The largest absolute Gasteiger partial charge is 0.491 e. The molecule has 21 heavy (non-hydrogen) atoms. The van der Waals surface area contributed by atoms with Crippen molar-refractivity contribution in [2.45, 2.75) is 45.4 Å². The van der Waals surface area contributed by atoms with Crippen molar-refractivity contribution in [3.05, 3.63) is 29.8 Å². The summed E-state index contributed by atoms with van der Waals surface area (Å²) in [5.41, 5.74) is 1.15. The first-order valence-corrected chi connectivity index (χ1v) is 7.90. The monoisotopic (exact) mass is 293 g/mol. The Bertz CT molecular complexity index is 416. The molecule has 0 aromatic heterocycles. The van der Waals surface area contributed by atoms with E-state index in [0.717, 1.165) is 24.3 Å². The van der Waals surface area contributed by atoms with E-state index in [1.165, 1.54) is 0 Å². The van der Waals surface area contributed by atoms with Crippen molar-refractivity contribution in [3.8, 4) is 5.75 Å². The van der Waals surface area contributed by atoms with E-state index in [-0.39, 0.29) is 18.2 Å². The molecule has 0 saturated carbocycles. The molecule has 1 heterocycles. The van der Waals surface area contributed by atoms with Crippen LogP contribution in [0, 0.1) is 0 Å². The van der Waals surface area contributed by atoms with Gasteiger partial charge in [0.1, 0.15) is 11.9 Å². The van der Waals surface area contributed by atoms with Crippen molar-refractivity contribution >= 4 is 0 Å². The topological polar surface area (TPSA) is 39.7 Å². The summed E-state index contributed by atoms with van der Waals surface area (Å²) in [6, 6.07) is 8.30. The van der Waals surface area contributed by atoms with E-state index in [2.05, 4.69) is 18.3 Å². The molecule has 2 unspecified atom stereocenters. The zero-order valence-corrected chi connectivity index (χ0v) is 13.3. The number of para-hydroxylation sites is 1. The van der Waals surface area contributed by atoms with E-state index in [4.69, 9.17) is 14.2 Å². The molecular formula is C17H27NO3. The lowest BCUT2D eigenvalue weighted by atomic mass is 9.99. The zero-order chi connectivity index (χ0) is 15.1. The molecule has 0 bridgehead atoms. The Labute approximate surface area is 127 Å². The van der Waals surface area contributed by atoms with Crippen LogP contribution in [0.4, 0.5) is 0 Å². The predicted molar refractivity (Wildman–Crippen MR) is 83.8 cm³/mol. The first-order chi connectivity index (χ1) is 10.2. The third kappa shape index (κ3) is 4.70. The molecule has 1 aromatic carbocycles. The second kappa shape index (κ2) is 8.37. The maximum absolute atomic E-state index is 5.96. The molecule has 1 N–H and O–H groups in total. The molecule has 4 heteroatoms. The molecule has 1 aliphatic rings. The lowest BCUT2D eigenvalue weighted by Crippen LogP contribution is -2.41. The summed E-state index contributed by atoms with van der Waals surface area (Å²) in [6.07, 6.45) is 1.26. The van der Waals surface area contributed by atoms with Crippen molar-refractivity contribution in [1.82, 2.24) is 5.32 Å². The highest BCUT2D eigenvalue weighted by Gasteiger charge is 2.28. The molecule has 1 aliphatic heterocycles. The van der Waals surface area contributed by atoms with Crippen LogP contribution in [0.3, 0.4) is 0 Å². The fourth-order valence-electron chi connectivity index (χ4n) is 2.54. The number of ether oxygens (including phenoxy) is 3. The summed E-state index contributed by atoms with van der Waals surface area (Å²) in [7, 11) is 0. The SMILES string of the molecule is CCCNC(c1ccccc1OC(C)C)C1COCCO1. The molecule has 0 aliphatic carbocycles. The molecule has 4 nitrogen and oxygen atoms in total. The first kappa shape index (κ1) is 16.3. The second-order valence-electron chi connectivity index (χ2n) is 5.62. The molecule has 1 fully saturated rings. The van der Waals surface area contributed by atoms with E-state index < -0.39 is 0 Å². The Balaban J connectivity index is 2.22. The Morgan fingerprint density at radius 3 is 2.76 bits per heavy atom. The molecule has 2 atom stereocenters. The highest BCUT2D eigenvalue weighted by Crippen LogP contribution is 2.30. The highest BCUT2D eigenvalue weighted by atomic mass is 16.6. The number of hydrogen-bond donors (Lipinski definition) is 1. The van der Waals surface area contributed by atoms with Crippen LogP contribution < -0.4 is 10.1 Å². The number of rotatable bonds is 7. The van der Waals surface area contributed by atoms with Crippen LogP contribution in [0.1, 0.15) is 38.8 Å². The van der Waals surface area contributed by atoms with Crippen LogP contribution in [0.2, 0.25) is 0 Å². The first-order valence-electron chi connectivity index (χ1n) is 7.90. The van der Waals surface area contributed by atoms with Crippen LogP contribution in [-0.4, -0.2) is 38.6 Å². The quantitative estimate of drug-likeness (QED) is 0.839. The van der Waals surface area contributed by atoms with Gasteiger partial charge < -0.3 is 19.5 Å². The molecule has 118 valence electrons. The Kier molecular flexibility index (Phi) is 6.49. The van der Waals surface area contributed by atoms with Gasteiger partial charge >= 0.3 is 0 Å². The average molecular weight is 293 g/mol. The molecule has 2 rings (SSSR count). The van der Waals surface area contributed by atoms with Gasteiger partial charge in [0, 0.05) is 5.56 Å². The van der Waals surface area contributed by atoms with Gasteiger partial charge in [0.25, 0.3) is 0 Å². The van der Waals surface area contributed by atoms with Crippen LogP contribution in [-0.2, 0) is 9.47 Å². The van der Waals surface area contributed by atoms with E-state index in [1.807, 2.05) is 32.0 Å². The fraction of sp³-hybridized carbons (Fsp3) is 0.647. The van der Waals surface area contributed by atoms with Crippen molar-refractivity contribution in [1.29, 1.82) is 0 Å². The van der Waals surface area contributed by atoms with Crippen molar-refractivity contribution < 1.29 is 14.2 Å². The highest BCUT2D eigenvalue weighted by molar-refractivity contribution is 5.37. The van der Waals surface area contributed by atoms with Gasteiger partial charge in [-0.15, -0.1) is 0 Å². The Hall–Kier alpha value is -1.10. The molecule has 0 spiro atoms. The lowest BCUT2D eigenvalue weighted by molar-refractivity contribution is -0.102. The summed E-state index contributed by atoms with van der Waals surface area (Å²) < 4.78 is 17.4. The molecule has 1 aromatic rings. The zero-order valence-electron chi connectivity index (χ0n) is 13.3. The van der Waals surface area contributed by atoms with Crippen LogP contribution in [0.15, 0.2) is 24.3 Å². The maximum Gasteiger partial charge on any atom is 0.124 e. The van der Waals surface area contributed by atoms with E-state index in [1.54, 1.807) is 0 Å². The van der Waals surface area contributed by atoms with Crippen LogP contribution in [0.25, 0.3) is 0 Å². The van der Waals surface area contributed by atoms with Gasteiger partial charge in [0.05, 0.1) is 32.0 Å². The summed E-state index contributed by atoms with van der Waals surface area (Å²) in [4.78, 5) is 0. The minimum absolute atomic E-state index is 0.0298. The van der Waals surface area contributed by atoms with E-state index in [9.17, 15) is 0 Å². The molecular weight excluding hydrogens is 266 g/mol. The molecule has 0 radical (unpaired) electrons. The smallest absolute Gasteiger partial charge is 0.124 e. The third-order valence-electron chi connectivity index (χ3n) is 3.44. The number of hydrogen-bond acceptors (Lipinski definition) is 4. The fourth-order valence-corrected chi connectivity index (χ4v) is 2.54. The minimum Gasteiger partial charge on any atom is -0.491 e. The lowest BCUT2D eigenvalue weighted by Gasteiger charge is -2.32. The number of benzene rings is 1. The van der Waals surface area contributed by atoms with Crippen molar-refractivity contribution in [2.24, 2.45) is 0 Å². The van der Waals surface area contributed by atoms with Gasteiger partial charge in [-0.3, -0.25) is 0 Å².